The lowest BCUT2D eigenvalue weighted by Crippen LogP contribution is -2.50. The number of halogens is 1. The molecule has 40 heavy (non-hydrogen) atoms. The summed E-state index contributed by atoms with van der Waals surface area (Å²) in [4.78, 5) is 46.6. The molecule has 2 aromatic heterocycles. The summed E-state index contributed by atoms with van der Waals surface area (Å²) < 4.78 is 11.7. The summed E-state index contributed by atoms with van der Waals surface area (Å²) in [6, 6.07) is 6.72. The number of nitrogens with zero attached hydrogens (tertiary/aromatic N) is 4. The fraction of sp³-hybridized carbons (Fsp3) is 0.483. The van der Waals surface area contributed by atoms with Crippen LogP contribution in [-0.4, -0.2) is 62.5 Å². The number of aliphatic carboxylic acids is 1. The molecule has 3 atom stereocenters. The molecule has 1 saturated heterocycles. The van der Waals surface area contributed by atoms with E-state index in [9.17, 15) is 19.5 Å². The van der Waals surface area contributed by atoms with E-state index in [2.05, 4.69) is 10.1 Å². The van der Waals surface area contributed by atoms with Gasteiger partial charge in [0.25, 0.3) is 5.71 Å². The molecule has 2 amide bonds. The molecule has 3 aliphatic rings. The Bertz CT molecular complexity index is 1460. The summed E-state index contributed by atoms with van der Waals surface area (Å²) in [6.45, 7) is 1.42. The fourth-order valence-corrected chi connectivity index (χ4v) is 6.74. The molecule has 210 valence electrons. The first-order chi connectivity index (χ1) is 19.4. The van der Waals surface area contributed by atoms with Gasteiger partial charge in [-0.25, -0.2) is 4.98 Å². The van der Waals surface area contributed by atoms with Crippen LogP contribution in [0.4, 0.5) is 0 Å². The summed E-state index contributed by atoms with van der Waals surface area (Å²) in [7, 11) is 0. The van der Waals surface area contributed by atoms with Gasteiger partial charge in [-0.2, -0.15) is 0 Å². The number of fused-ring (bicyclic) bond motifs is 2. The van der Waals surface area contributed by atoms with Gasteiger partial charge in [0.05, 0.1) is 23.3 Å². The molecule has 2 fully saturated rings. The van der Waals surface area contributed by atoms with Crippen LogP contribution in [0.25, 0.3) is 11.1 Å². The number of aromatic nitrogens is 2. The van der Waals surface area contributed by atoms with Crippen LogP contribution >= 0.6 is 11.6 Å². The van der Waals surface area contributed by atoms with Gasteiger partial charge in [0, 0.05) is 42.8 Å². The van der Waals surface area contributed by atoms with Gasteiger partial charge in [-0.15, -0.1) is 0 Å². The van der Waals surface area contributed by atoms with E-state index in [1.54, 1.807) is 34.2 Å². The number of carbonyl (C=O) groups excluding carboxylic acids is 2. The lowest BCUT2D eigenvalue weighted by atomic mass is 9.77. The zero-order chi connectivity index (χ0) is 27.8. The van der Waals surface area contributed by atoms with Gasteiger partial charge in [0.15, 0.2) is 0 Å². The summed E-state index contributed by atoms with van der Waals surface area (Å²) in [5.74, 6) is -1.81. The summed E-state index contributed by atoms with van der Waals surface area (Å²) in [6.07, 6.45) is 6.03. The summed E-state index contributed by atoms with van der Waals surface area (Å²) in [5.41, 5.74) is 2.65. The first-order valence-electron chi connectivity index (χ1n) is 13.9. The van der Waals surface area contributed by atoms with E-state index >= 15 is 0 Å². The molecule has 4 heterocycles. The molecule has 0 spiro atoms. The second-order valence-corrected chi connectivity index (χ2v) is 11.2. The van der Waals surface area contributed by atoms with Gasteiger partial charge in [-0.3, -0.25) is 14.4 Å². The molecule has 6 rings (SSSR count). The van der Waals surface area contributed by atoms with Gasteiger partial charge >= 0.3 is 5.97 Å². The Balaban J connectivity index is 1.36. The standard InChI is InChI=1S/C29H31ClN4O6/c30-21-9-10-24(39-16-22-20-7-3-12-31-27(20)40-32-22)26-19(21)11-14-34(23(26)15-33-13-4-8-25(33)35)28(36)17-5-1-2-6-18(17)29(37)38/h3,7,9-10,12,17-18,23H,1-2,4-6,8,11,13-16H2,(H,37,38)/t17?,18?,23-/m1/s1. The fourth-order valence-electron chi connectivity index (χ4n) is 6.48. The number of carbonyl (C=O) groups is 3. The highest BCUT2D eigenvalue weighted by molar-refractivity contribution is 6.31. The van der Waals surface area contributed by atoms with Crippen molar-refractivity contribution in [1.29, 1.82) is 0 Å². The third-order valence-electron chi connectivity index (χ3n) is 8.51. The van der Waals surface area contributed by atoms with Crippen LogP contribution in [0.15, 0.2) is 35.0 Å². The van der Waals surface area contributed by atoms with Crippen molar-refractivity contribution in [2.75, 3.05) is 19.6 Å². The molecular formula is C29H31ClN4O6. The SMILES string of the molecule is O=C(O)C1CCCCC1C(=O)N1CCc2c(Cl)ccc(OCc3noc4ncccc34)c2[C@H]1CN1CCCC1=O. The number of rotatable bonds is 7. The van der Waals surface area contributed by atoms with Crippen molar-refractivity contribution in [2.45, 2.75) is 57.6 Å². The van der Waals surface area contributed by atoms with Crippen molar-refractivity contribution in [3.05, 3.63) is 52.3 Å². The Labute approximate surface area is 236 Å². The van der Waals surface area contributed by atoms with Gasteiger partial charge in [0.2, 0.25) is 11.8 Å². The van der Waals surface area contributed by atoms with Crippen LogP contribution in [0, 0.1) is 11.8 Å². The van der Waals surface area contributed by atoms with Crippen molar-refractivity contribution in [1.82, 2.24) is 19.9 Å². The van der Waals surface area contributed by atoms with E-state index in [-0.39, 0.29) is 18.4 Å². The van der Waals surface area contributed by atoms with Crippen molar-refractivity contribution < 1.29 is 28.8 Å². The largest absolute Gasteiger partial charge is 0.487 e. The number of hydrogen-bond donors (Lipinski definition) is 1. The summed E-state index contributed by atoms with van der Waals surface area (Å²) in [5, 5.41) is 15.3. The maximum Gasteiger partial charge on any atom is 0.307 e. The molecule has 0 radical (unpaired) electrons. The molecule has 1 aromatic carbocycles. The molecule has 3 aromatic rings. The van der Waals surface area contributed by atoms with Crippen LogP contribution in [0.3, 0.4) is 0 Å². The third-order valence-corrected chi connectivity index (χ3v) is 8.86. The number of hydrogen-bond acceptors (Lipinski definition) is 7. The zero-order valence-corrected chi connectivity index (χ0v) is 22.8. The first kappa shape index (κ1) is 26.6. The molecule has 2 unspecified atom stereocenters. The maximum atomic E-state index is 14.1. The van der Waals surface area contributed by atoms with Crippen molar-refractivity contribution in [2.24, 2.45) is 11.8 Å². The normalized spacial score (nSPS) is 22.9. The highest BCUT2D eigenvalue weighted by atomic mass is 35.5. The van der Waals surface area contributed by atoms with E-state index in [1.165, 1.54) is 0 Å². The molecule has 0 bridgehead atoms. The average Bonchev–Trinajstić information content (AvgIpc) is 3.58. The predicted molar refractivity (Wildman–Crippen MR) is 145 cm³/mol. The molecule has 1 saturated carbocycles. The number of carboxylic acid groups (broad SMARTS) is 1. The van der Waals surface area contributed by atoms with Crippen molar-refractivity contribution >= 4 is 40.5 Å². The predicted octanol–water partition coefficient (Wildman–Crippen LogP) is 4.39. The number of pyridine rings is 1. The minimum absolute atomic E-state index is 0.0478. The van der Waals surface area contributed by atoms with Gasteiger partial charge in [0.1, 0.15) is 18.1 Å². The maximum absolute atomic E-state index is 14.1. The van der Waals surface area contributed by atoms with Gasteiger partial charge < -0.3 is 24.2 Å². The van der Waals surface area contributed by atoms with Crippen LogP contribution in [-0.2, 0) is 27.4 Å². The van der Waals surface area contributed by atoms with E-state index in [0.717, 1.165) is 35.8 Å². The molecule has 1 N–H and O–H groups in total. The second-order valence-electron chi connectivity index (χ2n) is 10.8. The van der Waals surface area contributed by atoms with E-state index in [4.69, 9.17) is 20.9 Å². The lowest BCUT2D eigenvalue weighted by molar-refractivity contribution is -0.154. The number of likely N-dealkylation sites (tertiary alicyclic amines) is 1. The van der Waals surface area contributed by atoms with Crippen LogP contribution in [0.5, 0.6) is 5.75 Å². The Morgan fingerprint density at radius 3 is 2.70 bits per heavy atom. The number of amides is 2. The Morgan fingerprint density at radius 2 is 1.93 bits per heavy atom. The lowest BCUT2D eigenvalue weighted by Gasteiger charge is -2.43. The quantitative estimate of drug-likeness (QED) is 0.446. The van der Waals surface area contributed by atoms with E-state index in [1.807, 2.05) is 6.07 Å². The van der Waals surface area contributed by atoms with Crippen LogP contribution in [0.2, 0.25) is 5.02 Å². The van der Waals surface area contributed by atoms with E-state index in [0.29, 0.717) is 67.5 Å². The topological polar surface area (TPSA) is 126 Å². The Kier molecular flexibility index (Phi) is 7.35. The highest BCUT2D eigenvalue weighted by Crippen LogP contribution is 2.43. The highest BCUT2D eigenvalue weighted by Gasteiger charge is 2.43. The Morgan fingerprint density at radius 1 is 1.10 bits per heavy atom. The molecule has 1 aliphatic carbocycles. The van der Waals surface area contributed by atoms with Crippen LogP contribution in [0.1, 0.15) is 61.4 Å². The minimum atomic E-state index is -0.928. The van der Waals surface area contributed by atoms with Crippen LogP contribution < -0.4 is 4.74 Å². The number of carboxylic acids is 1. The van der Waals surface area contributed by atoms with Gasteiger partial charge in [-0.05, 0) is 55.5 Å². The Hall–Kier alpha value is -3.66. The van der Waals surface area contributed by atoms with E-state index < -0.39 is 23.8 Å². The first-order valence-corrected chi connectivity index (χ1v) is 14.2. The monoisotopic (exact) mass is 566 g/mol. The van der Waals surface area contributed by atoms with Crippen molar-refractivity contribution in [3.8, 4) is 5.75 Å². The molecular weight excluding hydrogens is 536 g/mol. The zero-order valence-electron chi connectivity index (χ0n) is 22.1. The van der Waals surface area contributed by atoms with Gasteiger partial charge in [-0.1, -0.05) is 29.6 Å². The third kappa shape index (κ3) is 4.89. The smallest absolute Gasteiger partial charge is 0.307 e. The average molecular weight is 567 g/mol. The molecule has 2 aliphatic heterocycles. The molecule has 11 heteroatoms. The number of ether oxygens (including phenoxy) is 1. The number of benzene rings is 1. The minimum Gasteiger partial charge on any atom is -0.487 e. The van der Waals surface area contributed by atoms with Crippen molar-refractivity contribution in [3.63, 3.8) is 0 Å². The molecule has 10 nitrogen and oxygen atoms in total. The second kappa shape index (κ2) is 11.1. The summed E-state index contributed by atoms with van der Waals surface area (Å²) >= 11 is 6.69.